The van der Waals surface area contributed by atoms with Crippen molar-refractivity contribution < 1.29 is 9.90 Å². The van der Waals surface area contributed by atoms with E-state index in [-0.39, 0.29) is 0 Å². The molecule has 14 heavy (non-hydrogen) atoms. The minimum Gasteiger partial charge on any atom is -0.478 e. The molecule has 0 rings (SSSR count). The highest BCUT2D eigenvalue weighted by Gasteiger charge is 2.19. The first-order valence-corrected chi connectivity index (χ1v) is 8.54. The van der Waals surface area contributed by atoms with Gasteiger partial charge in [-0.25, -0.2) is 4.79 Å². The molecule has 0 radical (unpaired) electrons. The highest BCUT2D eigenvalue weighted by Crippen LogP contribution is 2.17. The van der Waals surface area contributed by atoms with Crippen LogP contribution in [-0.4, -0.2) is 19.1 Å². The van der Waals surface area contributed by atoms with E-state index in [1.807, 2.05) is 19.9 Å². The van der Waals surface area contributed by atoms with Gasteiger partial charge in [0.15, 0.2) is 0 Å². The zero-order chi connectivity index (χ0) is 11.4. The summed E-state index contributed by atoms with van der Waals surface area (Å²) in [7, 11) is -1.34. The van der Waals surface area contributed by atoms with Gasteiger partial charge >= 0.3 is 5.97 Å². The summed E-state index contributed by atoms with van der Waals surface area (Å²) in [5, 5.41) is 9.01. The van der Waals surface area contributed by atoms with E-state index in [2.05, 4.69) is 19.6 Å². The molecule has 0 amide bonds. The van der Waals surface area contributed by atoms with Crippen LogP contribution in [0.3, 0.4) is 0 Å². The van der Waals surface area contributed by atoms with Crippen LogP contribution in [0.4, 0.5) is 0 Å². The second kappa shape index (κ2) is 5.15. The standard InChI is InChI=1S/C11H20O2Si/c1-6-9(2)7-10(11(12)13)8-14(3,4)5/h6-7H,8H2,1-5H3,(H,12,13)/b9-6+,10-7-. The van der Waals surface area contributed by atoms with Crippen LogP contribution in [-0.2, 0) is 4.79 Å². The van der Waals surface area contributed by atoms with Crippen LogP contribution in [0.25, 0.3) is 0 Å². The summed E-state index contributed by atoms with van der Waals surface area (Å²) in [5.74, 6) is -0.784. The van der Waals surface area contributed by atoms with Gasteiger partial charge in [0.1, 0.15) is 0 Å². The summed E-state index contributed by atoms with van der Waals surface area (Å²) in [6, 6.07) is 0.730. The summed E-state index contributed by atoms with van der Waals surface area (Å²) in [5.41, 5.74) is 1.56. The summed E-state index contributed by atoms with van der Waals surface area (Å²) in [6.45, 7) is 10.4. The van der Waals surface area contributed by atoms with E-state index in [1.165, 1.54) is 0 Å². The Kier molecular flexibility index (Phi) is 4.84. The van der Waals surface area contributed by atoms with Crippen LogP contribution in [0.2, 0.25) is 25.7 Å². The van der Waals surface area contributed by atoms with Gasteiger partial charge in [-0.1, -0.05) is 31.3 Å². The smallest absolute Gasteiger partial charge is 0.331 e. The van der Waals surface area contributed by atoms with Crippen molar-refractivity contribution in [1.29, 1.82) is 0 Å². The maximum atomic E-state index is 11.0. The monoisotopic (exact) mass is 212 g/mol. The Morgan fingerprint density at radius 3 is 2.14 bits per heavy atom. The van der Waals surface area contributed by atoms with Gasteiger partial charge in [-0.3, -0.25) is 0 Å². The minimum absolute atomic E-state index is 0.541. The van der Waals surface area contributed by atoms with Crippen LogP contribution < -0.4 is 0 Å². The minimum atomic E-state index is -1.34. The first-order valence-electron chi connectivity index (χ1n) is 4.83. The quantitative estimate of drug-likeness (QED) is 0.441. The van der Waals surface area contributed by atoms with Crippen LogP contribution in [0.5, 0.6) is 0 Å². The summed E-state index contributed by atoms with van der Waals surface area (Å²) in [6.07, 6.45) is 3.70. The molecule has 0 aromatic rings. The average Bonchev–Trinajstić information content (AvgIpc) is 2.00. The molecule has 0 bridgehead atoms. The third kappa shape index (κ3) is 5.75. The van der Waals surface area contributed by atoms with E-state index in [0.29, 0.717) is 5.57 Å². The largest absolute Gasteiger partial charge is 0.478 e. The zero-order valence-electron chi connectivity index (χ0n) is 9.72. The first kappa shape index (κ1) is 13.2. The van der Waals surface area contributed by atoms with Crippen molar-refractivity contribution >= 4 is 14.0 Å². The lowest BCUT2D eigenvalue weighted by Gasteiger charge is -2.15. The molecule has 0 aromatic carbocycles. The molecule has 0 atom stereocenters. The number of hydrogen-bond acceptors (Lipinski definition) is 1. The van der Waals surface area contributed by atoms with Gasteiger partial charge in [0.25, 0.3) is 0 Å². The maximum absolute atomic E-state index is 11.0. The van der Waals surface area contributed by atoms with Gasteiger partial charge in [-0.2, -0.15) is 0 Å². The Morgan fingerprint density at radius 1 is 1.36 bits per heavy atom. The molecule has 0 aliphatic rings. The zero-order valence-corrected chi connectivity index (χ0v) is 10.7. The number of rotatable bonds is 4. The molecule has 1 N–H and O–H groups in total. The fraction of sp³-hybridized carbons (Fsp3) is 0.545. The Balaban J connectivity index is 4.80. The van der Waals surface area contributed by atoms with E-state index >= 15 is 0 Å². The molecule has 0 spiro atoms. The van der Waals surface area contributed by atoms with Crippen LogP contribution >= 0.6 is 0 Å². The Labute approximate surface area is 87.3 Å². The summed E-state index contributed by atoms with van der Waals surface area (Å²) < 4.78 is 0. The van der Waals surface area contributed by atoms with Gasteiger partial charge in [0, 0.05) is 13.6 Å². The van der Waals surface area contributed by atoms with Gasteiger partial charge in [0.05, 0.1) is 0 Å². The molecule has 0 fully saturated rings. The van der Waals surface area contributed by atoms with Crippen molar-refractivity contribution in [3.63, 3.8) is 0 Å². The van der Waals surface area contributed by atoms with E-state index in [0.717, 1.165) is 11.6 Å². The number of allylic oxidation sites excluding steroid dienone is 3. The van der Waals surface area contributed by atoms with Crippen LogP contribution in [0.15, 0.2) is 23.3 Å². The average molecular weight is 212 g/mol. The number of hydrogen-bond donors (Lipinski definition) is 1. The van der Waals surface area contributed by atoms with Gasteiger partial charge in [-0.15, -0.1) is 0 Å². The predicted molar refractivity (Wildman–Crippen MR) is 63.3 cm³/mol. The van der Waals surface area contributed by atoms with Crippen molar-refractivity contribution in [1.82, 2.24) is 0 Å². The second-order valence-corrected chi connectivity index (χ2v) is 10.2. The Bertz CT molecular complexity index is 270. The lowest BCUT2D eigenvalue weighted by Crippen LogP contribution is -2.22. The summed E-state index contributed by atoms with van der Waals surface area (Å²) in [4.78, 5) is 11.0. The van der Waals surface area contributed by atoms with Crippen LogP contribution in [0, 0.1) is 0 Å². The number of aliphatic carboxylic acids is 1. The molecule has 0 aromatic heterocycles. The van der Waals surface area contributed by atoms with E-state index in [9.17, 15) is 4.79 Å². The fourth-order valence-corrected chi connectivity index (χ4v) is 2.51. The predicted octanol–water partition coefficient (Wildman–Crippen LogP) is 3.30. The Morgan fingerprint density at radius 2 is 1.86 bits per heavy atom. The van der Waals surface area contributed by atoms with E-state index in [1.54, 1.807) is 6.08 Å². The molecule has 0 heterocycles. The van der Waals surface area contributed by atoms with Crippen LogP contribution in [0.1, 0.15) is 13.8 Å². The molecule has 3 heteroatoms. The van der Waals surface area contributed by atoms with Gasteiger partial charge in [-0.05, 0) is 26.0 Å². The second-order valence-electron chi connectivity index (χ2n) is 4.74. The number of carboxylic acid groups (broad SMARTS) is 1. The van der Waals surface area contributed by atoms with E-state index in [4.69, 9.17) is 5.11 Å². The fourth-order valence-electron chi connectivity index (χ4n) is 1.12. The van der Waals surface area contributed by atoms with E-state index < -0.39 is 14.0 Å². The topological polar surface area (TPSA) is 37.3 Å². The van der Waals surface area contributed by atoms with Crippen molar-refractivity contribution in [3.05, 3.63) is 23.3 Å². The van der Waals surface area contributed by atoms with Crippen molar-refractivity contribution in [2.75, 3.05) is 0 Å². The molecule has 2 nitrogen and oxygen atoms in total. The molecule has 0 saturated heterocycles. The molecule has 0 aliphatic carbocycles. The molecular weight excluding hydrogens is 192 g/mol. The molecule has 0 aliphatic heterocycles. The normalized spacial score (nSPS) is 14.4. The summed E-state index contributed by atoms with van der Waals surface area (Å²) >= 11 is 0. The number of carboxylic acids is 1. The lowest BCUT2D eigenvalue weighted by atomic mass is 10.2. The van der Waals surface area contributed by atoms with Crippen molar-refractivity contribution in [2.24, 2.45) is 0 Å². The molecule has 0 saturated carbocycles. The Hall–Kier alpha value is -0.833. The molecule has 80 valence electrons. The highest BCUT2D eigenvalue weighted by atomic mass is 28.3. The maximum Gasteiger partial charge on any atom is 0.331 e. The van der Waals surface area contributed by atoms with Gasteiger partial charge in [0.2, 0.25) is 0 Å². The lowest BCUT2D eigenvalue weighted by molar-refractivity contribution is -0.132. The number of carbonyl (C=O) groups is 1. The van der Waals surface area contributed by atoms with Gasteiger partial charge < -0.3 is 5.11 Å². The third-order valence-electron chi connectivity index (χ3n) is 1.85. The van der Waals surface area contributed by atoms with Crippen molar-refractivity contribution in [3.8, 4) is 0 Å². The third-order valence-corrected chi connectivity index (χ3v) is 3.29. The molecular formula is C11H20O2Si. The van der Waals surface area contributed by atoms with Crippen molar-refractivity contribution in [2.45, 2.75) is 39.5 Å². The SMILES string of the molecule is C/C=C(C)/C=C(/C[Si](C)(C)C)C(=O)O. The molecule has 0 unspecified atom stereocenters. The highest BCUT2D eigenvalue weighted by molar-refractivity contribution is 6.77. The first-order chi connectivity index (χ1) is 6.26.